The van der Waals surface area contributed by atoms with Crippen LogP contribution < -0.4 is 10.0 Å². The zero-order valence-electron chi connectivity index (χ0n) is 19.6. The van der Waals surface area contributed by atoms with Gasteiger partial charge in [0.1, 0.15) is 13.1 Å². The molecular weight excluding hydrogens is 438 g/mol. The van der Waals surface area contributed by atoms with Crippen molar-refractivity contribution in [1.29, 1.82) is 0 Å². The first-order valence-electron chi connectivity index (χ1n) is 11.5. The number of aryl methyl sites for hydroxylation is 2. The largest absolute Gasteiger partial charge is 0.868 e. The number of carbonyl (C=O) groups is 2. The van der Waals surface area contributed by atoms with Gasteiger partial charge in [0.05, 0.1) is 47.9 Å². The minimum absolute atomic E-state index is 0.0426. The molecule has 2 aromatic rings. The van der Waals surface area contributed by atoms with Crippen LogP contribution in [0.2, 0.25) is 0 Å². The molecule has 1 aromatic heterocycles. The number of hydrogen-bond donors (Lipinski definition) is 1. The Morgan fingerprint density at radius 1 is 1.24 bits per heavy atom. The number of rotatable bonds is 7. The number of benzene rings is 1. The predicted octanol–water partition coefficient (Wildman–Crippen LogP) is 1.18. The lowest BCUT2D eigenvalue weighted by Gasteiger charge is -2.30. The Balaban J connectivity index is 1.70. The Labute approximate surface area is 198 Å². The van der Waals surface area contributed by atoms with Crippen LogP contribution in [0.3, 0.4) is 0 Å². The van der Waals surface area contributed by atoms with Crippen molar-refractivity contribution < 1.29 is 24.3 Å². The SMILES string of the molecule is Cc1nc(C)c(C(=O)C2=C([O-])C(=O)N(CC[NH+]3CCOCC3)C2c2ccc(C(C)C)cc2)s1. The molecule has 0 radical (unpaired) electrons. The molecule has 3 heterocycles. The molecule has 1 fully saturated rings. The molecule has 176 valence electrons. The summed E-state index contributed by atoms with van der Waals surface area (Å²) in [5.74, 6) is -1.31. The van der Waals surface area contributed by atoms with Crippen LogP contribution in [0.15, 0.2) is 35.6 Å². The van der Waals surface area contributed by atoms with Gasteiger partial charge in [0, 0.05) is 5.57 Å². The normalized spacial score (nSPS) is 19.7. The zero-order valence-corrected chi connectivity index (χ0v) is 20.5. The Morgan fingerprint density at radius 3 is 2.48 bits per heavy atom. The molecule has 1 atom stereocenters. The first-order chi connectivity index (χ1) is 15.8. The summed E-state index contributed by atoms with van der Waals surface area (Å²) in [7, 11) is 0. The highest BCUT2D eigenvalue weighted by Gasteiger charge is 2.40. The molecule has 0 spiro atoms. The molecule has 2 aliphatic rings. The highest BCUT2D eigenvalue weighted by molar-refractivity contribution is 7.14. The summed E-state index contributed by atoms with van der Waals surface area (Å²) in [6.45, 7) is 12.1. The van der Waals surface area contributed by atoms with Gasteiger partial charge >= 0.3 is 0 Å². The minimum atomic E-state index is -0.694. The summed E-state index contributed by atoms with van der Waals surface area (Å²) in [5.41, 5.74) is 2.60. The number of Topliss-reactive ketones (excluding diaryl/α,β-unsaturated/α-hetero) is 1. The van der Waals surface area contributed by atoms with Crippen molar-refractivity contribution in [2.45, 2.75) is 39.7 Å². The van der Waals surface area contributed by atoms with Crippen LogP contribution in [-0.4, -0.2) is 61.0 Å². The lowest BCUT2D eigenvalue weighted by molar-refractivity contribution is -0.907. The van der Waals surface area contributed by atoms with Crippen LogP contribution in [0, 0.1) is 13.8 Å². The molecule has 0 bridgehead atoms. The van der Waals surface area contributed by atoms with E-state index in [-0.39, 0.29) is 11.4 Å². The number of quaternary nitrogens is 1. The van der Waals surface area contributed by atoms with E-state index in [0.29, 0.717) is 42.8 Å². The molecule has 2 aliphatic heterocycles. The second kappa shape index (κ2) is 9.75. The highest BCUT2D eigenvalue weighted by Crippen LogP contribution is 2.39. The van der Waals surface area contributed by atoms with E-state index in [2.05, 4.69) is 18.8 Å². The molecule has 0 saturated carbocycles. The van der Waals surface area contributed by atoms with E-state index in [9.17, 15) is 14.7 Å². The third-order valence-electron chi connectivity index (χ3n) is 6.46. The molecule has 1 aromatic carbocycles. The number of ketones is 1. The number of carbonyl (C=O) groups excluding carboxylic acids is 2. The molecular formula is C25H31N3O4S. The molecule has 1 N–H and O–H groups in total. The van der Waals surface area contributed by atoms with Crippen molar-refractivity contribution in [2.75, 3.05) is 39.4 Å². The average Bonchev–Trinajstić information content (AvgIpc) is 3.28. The van der Waals surface area contributed by atoms with E-state index in [1.807, 2.05) is 31.2 Å². The fourth-order valence-electron chi connectivity index (χ4n) is 4.56. The number of morpholine rings is 1. The van der Waals surface area contributed by atoms with E-state index in [0.717, 1.165) is 23.7 Å². The third kappa shape index (κ3) is 4.74. The van der Waals surface area contributed by atoms with E-state index < -0.39 is 17.7 Å². The molecule has 33 heavy (non-hydrogen) atoms. The van der Waals surface area contributed by atoms with Gasteiger partial charge in [-0.15, -0.1) is 11.3 Å². The first-order valence-corrected chi connectivity index (χ1v) is 12.3. The van der Waals surface area contributed by atoms with Crippen LogP contribution in [0.5, 0.6) is 0 Å². The highest BCUT2D eigenvalue weighted by atomic mass is 32.1. The quantitative estimate of drug-likeness (QED) is 0.616. The molecule has 4 rings (SSSR count). The van der Waals surface area contributed by atoms with Crippen molar-refractivity contribution in [2.24, 2.45) is 0 Å². The van der Waals surface area contributed by atoms with Gasteiger partial charge in [-0.1, -0.05) is 38.1 Å². The van der Waals surface area contributed by atoms with Crippen LogP contribution in [0.4, 0.5) is 0 Å². The van der Waals surface area contributed by atoms with Crippen LogP contribution in [0.1, 0.15) is 57.3 Å². The van der Waals surface area contributed by atoms with Gasteiger partial charge < -0.3 is 19.6 Å². The summed E-state index contributed by atoms with van der Waals surface area (Å²) in [6, 6.07) is 7.24. The van der Waals surface area contributed by atoms with Crippen LogP contribution >= 0.6 is 11.3 Å². The van der Waals surface area contributed by atoms with Crippen LogP contribution in [0.25, 0.3) is 0 Å². The van der Waals surface area contributed by atoms with E-state index in [1.54, 1.807) is 11.8 Å². The van der Waals surface area contributed by atoms with E-state index in [1.165, 1.54) is 21.8 Å². The zero-order chi connectivity index (χ0) is 23.7. The maximum absolute atomic E-state index is 13.6. The number of aromatic nitrogens is 1. The van der Waals surface area contributed by atoms with E-state index >= 15 is 0 Å². The maximum Gasteiger partial charge on any atom is 0.240 e. The minimum Gasteiger partial charge on any atom is -0.868 e. The van der Waals surface area contributed by atoms with Gasteiger partial charge in [0.25, 0.3) is 0 Å². The maximum atomic E-state index is 13.6. The fourth-order valence-corrected chi connectivity index (χ4v) is 5.44. The second-order valence-electron chi connectivity index (χ2n) is 9.05. The summed E-state index contributed by atoms with van der Waals surface area (Å²) in [4.78, 5) is 34.4. The Kier molecular flexibility index (Phi) is 6.97. The fraction of sp³-hybridized carbons (Fsp3) is 0.480. The smallest absolute Gasteiger partial charge is 0.240 e. The van der Waals surface area contributed by atoms with Crippen molar-refractivity contribution in [3.63, 3.8) is 0 Å². The summed E-state index contributed by atoms with van der Waals surface area (Å²) < 4.78 is 5.43. The van der Waals surface area contributed by atoms with Gasteiger partial charge in [-0.3, -0.25) is 9.59 Å². The Hall–Kier alpha value is -2.55. The van der Waals surface area contributed by atoms with Crippen molar-refractivity contribution in [3.8, 4) is 0 Å². The van der Waals surface area contributed by atoms with E-state index in [4.69, 9.17) is 4.74 Å². The molecule has 1 amide bonds. The predicted molar refractivity (Wildman–Crippen MR) is 124 cm³/mol. The van der Waals surface area contributed by atoms with Gasteiger partial charge in [0.15, 0.2) is 0 Å². The van der Waals surface area contributed by atoms with Gasteiger partial charge in [-0.05, 0) is 36.7 Å². The van der Waals surface area contributed by atoms with Gasteiger partial charge in [-0.2, -0.15) is 0 Å². The second-order valence-corrected chi connectivity index (χ2v) is 10.3. The molecule has 1 unspecified atom stereocenters. The molecule has 7 nitrogen and oxygen atoms in total. The molecule has 8 heteroatoms. The summed E-state index contributed by atoms with van der Waals surface area (Å²) in [6.07, 6.45) is 0. The van der Waals surface area contributed by atoms with Crippen LogP contribution in [-0.2, 0) is 9.53 Å². The number of ether oxygens (including phenoxy) is 1. The van der Waals surface area contributed by atoms with Crippen molar-refractivity contribution >= 4 is 23.0 Å². The third-order valence-corrected chi connectivity index (χ3v) is 7.54. The topological polar surface area (TPSA) is 87.0 Å². The lowest BCUT2D eigenvalue weighted by Crippen LogP contribution is -3.14. The van der Waals surface area contributed by atoms with Crippen molar-refractivity contribution in [3.05, 3.63) is 62.3 Å². The molecule has 0 aliphatic carbocycles. The number of nitrogens with one attached hydrogen (secondary N) is 1. The summed E-state index contributed by atoms with van der Waals surface area (Å²) >= 11 is 1.27. The van der Waals surface area contributed by atoms with Gasteiger partial charge in [-0.25, -0.2) is 4.98 Å². The molecule has 1 saturated heterocycles. The standard InChI is InChI=1S/C25H31N3O4S/c1-15(2)18-5-7-19(8-6-18)21-20(22(29)24-16(3)26-17(4)33-24)23(30)25(31)28(21)10-9-27-11-13-32-14-12-27/h5-8,15,21,30H,9-14H2,1-4H3. The Morgan fingerprint density at radius 2 is 1.91 bits per heavy atom. The monoisotopic (exact) mass is 469 g/mol. The summed E-state index contributed by atoms with van der Waals surface area (Å²) in [5, 5.41) is 13.9. The first kappa shape index (κ1) is 23.6. The number of nitrogens with zero attached hydrogens (tertiary/aromatic N) is 2. The van der Waals surface area contributed by atoms with Crippen molar-refractivity contribution in [1.82, 2.24) is 9.88 Å². The van der Waals surface area contributed by atoms with Gasteiger partial charge in [0.2, 0.25) is 11.7 Å². The number of hydrogen-bond acceptors (Lipinski definition) is 6. The number of thiazole rings is 1. The Bertz CT molecular complexity index is 1070. The number of amides is 1. The lowest BCUT2D eigenvalue weighted by atomic mass is 9.93. The average molecular weight is 470 g/mol.